The lowest BCUT2D eigenvalue weighted by Gasteiger charge is -2.35. The molecule has 3 saturated heterocycles. The van der Waals surface area contributed by atoms with Crippen LogP contribution in [0.3, 0.4) is 0 Å². The van der Waals surface area contributed by atoms with Gasteiger partial charge in [-0.1, -0.05) is 0 Å². The van der Waals surface area contributed by atoms with Crippen LogP contribution in [0.2, 0.25) is 0 Å². The topological polar surface area (TPSA) is 79.4 Å². The van der Waals surface area contributed by atoms with E-state index in [-0.39, 0.29) is 23.0 Å². The van der Waals surface area contributed by atoms with Crippen LogP contribution in [0.25, 0.3) is 0 Å². The molecule has 3 fully saturated rings. The highest BCUT2D eigenvalue weighted by Gasteiger charge is 2.45. The minimum absolute atomic E-state index is 0.0356. The second kappa shape index (κ2) is 7.29. The van der Waals surface area contributed by atoms with Crippen molar-refractivity contribution in [2.24, 2.45) is 0 Å². The van der Waals surface area contributed by atoms with E-state index in [4.69, 9.17) is 9.47 Å². The predicted octanol–water partition coefficient (Wildman–Crippen LogP) is 0.985. The minimum atomic E-state index is -3.58. The maximum absolute atomic E-state index is 13.0. The van der Waals surface area contributed by atoms with Crippen molar-refractivity contribution in [3.63, 3.8) is 0 Å². The summed E-state index contributed by atoms with van der Waals surface area (Å²) >= 11 is 0. The molecule has 0 bridgehead atoms. The van der Waals surface area contributed by atoms with Crippen molar-refractivity contribution in [2.45, 2.75) is 29.8 Å². The third kappa shape index (κ3) is 3.39. The highest BCUT2D eigenvalue weighted by Crippen LogP contribution is 2.29. The fourth-order valence-electron chi connectivity index (χ4n) is 4.12. The van der Waals surface area contributed by atoms with Crippen LogP contribution in [0.1, 0.15) is 12.8 Å². The Kier molecular flexibility index (Phi) is 5.00. The average Bonchev–Trinajstić information content (AvgIpc) is 3.05. The number of ether oxygens (including phenoxy) is 2. The molecule has 1 atom stereocenters. The lowest BCUT2D eigenvalue weighted by molar-refractivity contribution is 0.0504. The molecule has 0 N–H and O–H groups in total. The van der Waals surface area contributed by atoms with Crippen LogP contribution < -0.4 is 4.74 Å². The number of carbonyl (C=O) groups excluding carboxylic acids is 1. The van der Waals surface area contributed by atoms with E-state index in [1.54, 1.807) is 31.4 Å². The summed E-state index contributed by atoms with van der Waals surface area (Å²) in [6.45, 7) is 3.02. The Morgan fingerprint density at radius 1 is 1.00 bits per heavy atom. The summed E-state index contributed by atoms with van der Waals surface area (Å²) in [5, 5.41) is 0. The molecule has 8 nitrogen and oxygen atoms in total. The molecule has 4 rings (SSSR count). The van der Waals surface area contributed by atoms with Crippen LogP contribution >= 0.6 is 0 Å². The molecule has 27 heavy (non-hydrogen) atoms. The second-order valence-electron chi connectivity index (χ2n) is 7.16. The number of amides is 2. The maximum Gasteiger partial charge on any atom is 0.320 e. The molecule has 0 aromatic heterocycles. The standard InChI is InChI=1S/C18H25N3O5S/c1-25-16-2-4-17(5-3-16)27(23,24)19-8-9-20-15(12-19)13-21(18(20)22)14-6-10-26-11-7-14/h2-5,14-15H,6-13H2,1H3. The van der Waals surface area contributed by atoms with Gasteiger partial charge in [0.2, 0.25) is 10.0 Å². The summed E-state index contributed by atoms with van der Waals surface area (Å²) in [7, 11) is -2.04. The second-order valence-corrected chi connectivity index (χ2v) is 9.10. The Morgan fingerprint density at radius 2 is 1.70 bits per heavy atom. The quantitative estimate of drug-likeness (QED) is 0.760. The van der Waals surface area contributed by atoms with Crippen molar-refractivity contribution < 1.29 is 22.7 Å². The molecule has 1 aromatic carbocycles. The first-order chi connectivity index (χ1) is 13.0. The molecule has 0 radical (unpaired) electrons. The number of nitrogens with zero attached hydrogens (tertiary/aromatic N) is 3. The van der Waals surface area contributed by atoms with Gasteiger partial charge in [-0.25, -0.2) is 13.2 Å². The highest BCUT2D eigenvalue weighted by atomic mass is 32.2. The molecule has 3 heterocycles. The van der Waals surface area contributed by atoms with E-state index in [0.717, 1.165) is 12.8 Å². The van der Waals surface area contributed by atoms with Gasteiger partial charge in [-0.05, 0) is 37.1 Å². The zero-order valence-corrected chi connectivity index (χ0v) is 16.2. The van der Waals surface area contributed by atoms with Gasteiger partial charge in [-0.2, -0.15) is 4.31 Å². The van der Waals surface area contributed by atoms with Crippen LogP contribution in [0.4, 0.5) is 4.79 Å². The van der Waals surface area contributed by atoms with Gasteiger partial charge in [0.05, 0.1) is 18.0 Å². The summed E-state index contributed by atoms with van der Waals surface area (Å²) in [5.41, 5.74) is 0. The maximum atomic E-state index is 13.0. The van der Waals surface area contributed by atoms with Gasteiger partial charge in [-0.15, -0.1) is 0 Å². The Labute approximate surface area is 159 Å². The number of sulfonamides is 1. The van der Waals surface area contributed by atoms with E-state index in [1.807, 2.05) is 9.80 Å². The SMILES string of the molecule is COc1ccc(S(=O)(=O)N2CCN3C(=O)N(C4CCOCC4)CC3C2)cc1. The van der Waals surface area contributed by atoms with Crippen LogP contribution in [0, 0.1) is 0 Å². The Bertz CT molecular complexity index is 792. The summed E-state index contributed by atoms with van der Waals surface area (Å²) < 4.78 is 38.0. The fraction of sp³-hybridized carbons (Fsp3) is 0.611. The van der Waals surface area contributed by atoms with E-state index in [0.29, 0.717) is 45.1 Å². The molecular weight excluding hydrogens is 370 g/mol. The van der Waals surface area contributed by atoms with Crippen molar-refractivity contribution in [3.8, 4) is 5.75 Å². The molecule has 1 aromatic rings. The number of hydrogen-bond acceptors (Lipinski definition) is 5. The van der Waals surface area contributed by atoms with Crippen LogP contribution in [-0.2, 0) is 14.8 Å². The third-order valence-corrected chi connectivity index (χ3v) is 7.55. The molecule has 3 aliphatic rings. The lowest BCUT2D eigenvalue weighted by Crippen LogP contribution is -2.53. The van der Waals surface area contributed by atoms with E-state index >= 15 is 0 Å². The van der Waals surface area contributed by atoms with Gasteiger partial charge in [0.25, 0.3) is 0 Å². The van der Waals surface area contributed by atoms with Crippen molar-refractivity contribution in [3.05, 3.63) is 24.3 Å². The smallest absolute Gasteiger partial charge is 0.320 e. The van der Waals surface area contributed by atoms with E-state index in [9.17, 15) is 13.2 Å². The van der Waals surface area contributed by atoms with E-state index in [2.05, 4.69) is 0 Å². The number of benzene rings is 1. The molecule has 0 spiro atoms. The van der Waals surface area contributed by atoms with E-state index in [1.165, 1.54) is 4.31 Å². The molecular formula is C18H25N3O5S. The van der Waals surface area contributed by atoms with Gasteiger partial charge in [0, 0.05) is 45.4 Å². The lowest BCUT2D eigenvalue weighted by atomic mass is 10.1. The highest BCUT2D eigenvalue weighted by molar-refractivity contribution is 7.89. The molecule has 3 aliphatic heterocycles. The number of carbonyl (C=O) groups is 1. The van der Waals surface area contributed by atoms with Crippen molar-refractivity contribution >= 4 is 16.1 Å². The average molecular weight is 395 g/mol. The monoisotopic (exact) mass is 395 g/mol. The third-order valence-electron chi connectivity index (χ3n) is 5.67. The molecule has 9 heteroatoms. The zero-order chi connectivity index (χ0) is 19.0. The summed E-state index contributed by atoms with van der Waals surface area (Å²) in [5.74, 6) is 0.618. The number of urea groups is 1. The van der Waals surface area contributed by atoms with Crippen LogP contribution in [0.5, 0.6) is 5.75 Å². The Balaban J connectivity index is 1.48. The normalized spacial score (nSPS) is 24.9. The van der Waals surface area contributed by atoms with Crippen LogP contribution in [-0.4, -0.2) is 87.1 Å². The van der Waals surface area contributed by atoms with Gasteiger partial charge >= 0.3 is 6.03 Å². The minimum Gasteiger partial charge on any atom is -0.497 e. The number of methoxy groups -OCH3 is 1. The summed E-state index contributed by atoms with van der Waals surface area (Å²) in [4.78, 5) is 16.8. The van der Waals surface area contributed by atoms with E-state index < -0.39 is 10.0 Å². The number of hydrogen-bond donors (Lipinski definition) is 0. The number of piperazine rings is 1. The van der Waals surface area contributed by atoms with Gasteiger partial charge < -0.3 is 19.3 Å². The fourth-order valence-corrected chi connectivity index (χ4v) is 5.59. The van der Waals surface area contributed by atoms with Gasteiger partial charge in [-0.3, -0.25) is 0 Å². The first-order valence-electron chi connectivity index (χ1n) is 9.30. The van der Waals surface area contributed by atoms with Gasteiger partial charge in [0.1, 0.15) is 5.75 Å². The predicted molar refractivity (Wildman–Crippen MR) is 98.2 cm³/mol. The molecule has 0 saturated carbocycles. The van der Waals surface area contributed by atoms with Crippen molar-refractivity contribution in [1.29, 1.82) is 0 Å². The first kappa shape index (κ1) is 18.5. The summed E-state index contributed by atoms with van der Waals surface area (Å²) in [6, 6.07) is 6.56. The van der Waals surface area contributed by atoms with Crippen molar-refractivity contribution in [1.82, 2.24) is 14.1 Å². The zero-order valence-electron chi connectivity index (χ0n) is 15.4. The molecule has 1 unspecified atom stereocenters. The molecule has 2 amide bonds. The Morgan fingerprint density at radius 3 is 2.37 bits per heavy atom. The molecule has 148 valence electrons. The number of rotatable bonds is 4. The first-order valence-corrected chi connectivity index (χ1v) is 10.7. The van der Waals surface area contributed by atoms with Crippen LogP contribution in [0.15, 0.2) is 29.2 Å². The Hall–Kier alpha value is -1.84. The summed E-state index contributed by atoms with van der Waals surface area (Å²) in [6.07, 6.45) is 1.69. The van der Waals surface area contributed by atoms with Gasteiger partial charge in [0.15, 0.2) is 0 Å². The molecule has 0 aliphatic carbocycles. The van der Waals surface area contributed by atoms with Crippen molar-refractivity contribution in [2.75, 3.05) is 46.5 Å². The number of fused-ring (bicyclic) bond motifs is 1. The largest absolute Gasteiger partial charge is 0.497 e.